The summed E-state index contributed by atoms with van der Waals surface area (Å²) in [5.74, 6) is -0.339. The maximum atomic E-state index is 13.6. The number of methoxy groups -OCH3 is 2. The molecule has 0 bridgehead atoms. The first-order chi connectivity index (χ1) is 14.0. The predicted molar refractivity (Wildman–Crippen MR) is 108 cm³/mol. The highest BCUT2D eigenvalue weighted by Crippen LogP contribution is 2.24. The number of hydrogen-bond acceptors (Lipinski definition) is 6. The third-order valence-corrected chi connectivity index (χ3v) is 4.68. The lowest BCUT2D eigenvalue weighted by Crippen LogP contribution is -2.16. The van der Waals surface area contributed by atoms with E-state index in [9.17, 15) is 14.0 Å². The largest absolute Gasteiger partial charge is 0.497 e. The third-order valence-electron chi connectivity index (χ3n) is 3.88. The first-order valence-corrected chi connectivity index (χ1v) is 9.39. The van der Waals surface area contributed by atoms with E-state index in [0.29, 0.717) is 27.9 Å². The molecule has 0 fully saturated rings. The van der Waals surface area contributed by atoms with Crippen LogP contribution in [-0.4, -0.2) is 31.0 Å². The van der Waals surface area contributed by atoms with Gasteiger partial charge in [0.2, 0.25) is 5.91 Å². The number of ether oxygens (including phenoxy) is 2. The maximum Gasteiger partial charge on any atom is 0.257 e. The number of carbonyl (C=O) groups is 2. The zero-order valence-corrected chi connectivity index (χ0v) is 16.5. The smallest absolute Gasteiger partial charge is 0.257 e. The lowest BCUT2D eigenvalue weighted by Gasteiger charge is -2.08. The molecule has 0 spiro atoms. The highest BCUT2D eigenvalue weighted by Gasteiger charge is 2.14. The Morgan fingerprint density at radius 1 is 1.07 bits per heavy atom. The molecule has 2 N–H and O–H groups in total. The normalized spacial score (nSPS) is 10.3. The number of hydrogen-bond donors (Lipinski definition) is 2. The van der Waals surface area contributed by atoms with Crippen molar-refractivity contribution >= 4 is 34.0 Å². The molecule has 7 nitrogen and oxygen atoms in total. The summed E-state index contributed by atoms with van der Waals surface area (Å²) in [5.41, 5.74) is 0.908. The molecule has 9 heteroatoms. The van der Waals surface area contributed by atoms with Gasteiger partial charge in [-0.2, -0.15) is 0 Å². The first-order valence-electron chi connectivity index (χ1n) is 8.51. The minimum absolute atomic E-state index is 0.0479. The number of carbonyl (C=O) groups excluding carboxylic acids is 2. The van der Waals surface area contributed by atoms with E-state index in [1.54, 1.807) is 29.6 Å². The van der Waals surface area contributed by atoms with Gasteiger partial charge in [-0.15, -0.1) is 11.3 Å². The van der Waals surface area contributed by atoms with E-state index >= 15 is 0 Å². The Hall–Kier alpha value is -3.46. The molecule has 0 aliphatic carbocycles. The van der Waals surface area contributed by atoms with Gasteiger partial charge < -0.3 is 14.8 Å². The molecule has 0 saturated heterocycles. The number of thiazole rings is 1. The fourth-order valence-electron chi connectivity index (χ4n) is 2.47. The van der Waals surface area contributed by atoms with Crippen molar-refractivity contribution in [2.24, 2.45) is 0 Å². The quantitative estimate of drug-likeness (QED) is 0.614. The molecule has 0 aliphatic rings. The van der Waals surface area contributed by atoms with Crippen LogP contribution >= 0.6 is 11.3 Å². The van der Waals surface area contributed by atoms with Crippen molar-refractivity contribution in [3.05, 3.63) is 64.9 Å². The summed E-state index contributed by atoms with van der Waals surface area (Å²) in [4.78, 5) is 28.8. The molecule has 1 heterocycles. The number of nitrogens with one attached hydrogen (secondary N) is 2. The second-order valence-corrected chi connectivity index (χ2v) is 6.76. The van der Waals surface area contributed by atoms with Gasteiger partial charge in [0.1, 0.15) is 17.3 Å². The lowest BCUT2D eigenvalue weighted by atomic mass is 10.2. The molecule has 29 heavy (non-hydrogen) atoms. The summed E-state index contributed by atoms with van der Waals surface area (Å²) < 4.78 is 23.9. The van der Waals surface area contributed by atoms with Gasteiger partial charge in [0.05, 0.1) is 32.0 Å². The number of para-hydroxylation sites is 1. The molecule has 0 radical (unpaired) electrons. The Morgan fingerprint density at radius 2 is 1.76 bits per heavy atom. The molecule has 0 unspecified atom stereocenters. The Bertz CT molecular complexity index is 1020. The predicted octanol–water partition coefficient (Wildman–Crippen LogP) is 3.73. The minimum atomic E-state index is -0.513. The maximum absolute atomic E-state index is 13.6. The summed E-state index contributed by atoms with van der Waals surface area (Å²) in [6.45, 7) is 0. The average Bonchev–Trinajstić information content (AvgIpc) is 3.15. The van der Waals surface area contributed by atoms with Crippen LogP contribution in [0, 0.1) is 5.82 Å². The second-order valence-electron chi connectivity index (χ2n) is 5.90. The lowest BCUT2D eigenvalue weighted by molar-refractivity contribution is -0.115. The van der Waals surface area contributed by atoms with Crippen molar-refractivity contribution in [1.29, 1.82) is 0 Å². The molecule has 2 aromatic carbocycles. The van der Waals surface area contributed by atoms with Gasteiger partial charge in [-0.3, -0.25) is 14.9 Å². The SMILES string of the molecule is COc1cc(OC)cc(C(=O)Nc2nc(CC(=O)Nc3ccccc3F)cs2)c1. The molecule has 0 saturated carbocycles. The van der Waals surface area contributed by atoms with Crippen LogP contribution in [-0.2, 0) is 11.2 Å². The van der Waals surface area contributed by atoms with Crippen molar-refractivity contribution in [3.8, 4) is 11.5 Å². The van der Waals surface area contributed by atoms with Crippen LogP contribution in [0.2, 0.25) is 0 Å². The Balaban J connectivity index is 1.63. The van der Waals surface area contributed by atoms with E-state index in [2.05, 4.69) is 15.6 Å². The zero-order chi connectivity index (χ0) is 20.8. The van der Waals surface area contributed by atoms with E-state index in [1.807, 2.05) is 0 Å². The average molecular weight is 415 g/mol. The number of rotatable bonds is 7. The van der Waals surface area contributed by atoms with Crippen molar-refractivity contribution in [3.63, 3.8) is 0 Å². The fourth-order valence-corrected chi connectivity index (χ4v) is 3.18. The first kappa shape index (κ1) is 20.3. The van der Waals surface area contributed by atoms with Crippen molar-refractivity contribution in [2.75, 3.05) is 24.9 Å². The third kappa shape index (κ3) is 5.29. The molecule has 0 atom stereocenters. The van der Waals surface area contributed by atoms with Crippen LogP contribution in [0.25, 0.3) is 0 Å². The van der Waals surface area contributed by atoms with E-state index < -0.39 is 11.7 Å². The van der Waals surface area contributed by atoms with Gasteiger partial charge in [-0.05, 0) is 24.3 Å². The van der Waals surface area contributed by atoms with Crippen molar-refractivity contribution < 1.29 is 23.5 Å². The number of anilines is 2. The van der Waals surface area contributed by atoms with Crippen LogP contribution in [0.15, 0.2) is 47.8 Å². The van der Waals surface area contributed by atoms with E-state index in [4.69, 9.17) is 9.47 Å². The summed E-state index contributed by atoms with van der Waals surface area (Å²) in [6, 6.07) is 10.7. The molecule has 3 aromatic rings. The van der Waals surface area contributed by atoms with Crippen LogP contribution in [0.5, 0.6) is 11.5 Å². The summed E-state index contributed by atoms with van der Waals surface area (Å²) >= 11 is 1.18. The molecule has 150 valence electrons. The van der Waals surface area contributed by atoms with Crippen LogP contribution in [0.1, 0.15) is 16.1 Å². The zero-order valence-electron chi connectivity index (χ0n) is 15.7. The number of aromatic nitrogens is 1. The molecule has 3 rings (SSSR count). The standard InChI is InChI=1S/C20H18FN3O4S/c1-27-14-7-12(8-15(10-14)28-2)19(26)24-20-22-13(11-29-20)9-18(25)23-17-6-4-3-5-16(17)21/h3-8,10-11H,9H2,1-2H3,(H,23,25)(H,22,24,26). The van der Waals surface area contributed by atoms with E-state index in [1.165, 1.54) is 43.8 Å². The monoisotopic (exact) mass is 415 g/mol. The Kier molecular flexibility index (Phi) is 6.40. The van der Waals surface area contributed by atoms with Crippen LogP contribution in [0.4, 0.5) is 15.2 Å². The highest BCUT2D eigenvalue weighted by atomic mass is 32.1. The Labute approximate surface area is 170 Å². The fraction of sp³-hybridized carbons (Fsp3) is 0.150. The van der Waals surface area contributed by atoms with Crippen molar-refractivity contribution in [1.82, 2.24) is 4.98 Å². The number of benzene rings is 2. The number of amides is 2. The van der Waals surface area contributed by atoms with Crippen LogP contribution < -0.4 is 20.1 Å². The molecule has 2 amide bonds. The van der Waals surface area contributed by atoms with Gasteiger partial charge in [-0.1, -0.05) is 12.1 Å². The van der Waals surface area contributed by atoms with Gasteiger partial charge in [0, 0.05) is 17.0 Å². The van der Waals surface area contributed by atoms with Gasteiger partial charge in [-0.25, -0.2) is 9.37 Å². The number of nitrogens with zero attached hydrogens (tertiary/aromatic N) is 1. The van der Waals surface area contributed by atoms with Gasteiger partial charge >= 0.3 is 0 Å². The molecule has 1 aromatic heterocycles. The van der Waals surface area contributed by atoms with Crippen molar-refractivity contribution in [2.45, 2.75) is 6.42 Å². The van der Waals surface area contributed by atoms with E-state index in [0.717, 1.165) is 0 Å². The van der Waals surface area contributed by atoms with Crippen LogP contribution in [0.3, 0.4) is 0 Å². The topological polar surface area (TPSA) is 89.6 Å². The van der Waals surface area contributed by atoms with Gasteiger partial charge in [0.25, 0.3) is 5.91 Å². The highest BCUT2D eigenvalue weighted by molar-refractivity contribution is 7.14. The summed E-state index contributed by atoms with van der Waals surface area (Å²) in [6.07, 6.45) is -0.0479. The minimum Gasteiger partial charge on any atom is -0.497 e. The molecule has 0 aliphatic heterocycles. The molecular formula is C20H18FN3O4S. The van der Waals surface area contributed by atoms with Gasteiger partial charge in [0.15, 0.2) is 5.13 Å². The molecular weight excluding hydrogens is 397 g/mol. The Morgan fingerprint density at radius 3 is 2.41 bits per heavy atom. The second kappa shape index (κ2) is 9.16. The number of halogens is 1. The van der Waals surface area contributed by atoms with E-state index in [-0.39, 0.29) is 18.0 Å². The summed E-state index contributed by atoms with van der Waals surface area (Å²) in [7, 11) is 2.99. The summed E-state index contributed by atoms with van der Waals surface area (Å²) in [5, 5.41) is 7.17.